The molecule has 19 heavy (non-hydrogen) atoms. The second-order valence-electron chi connectivity index (χ2n) is 4.63. The predicted molar refractivity (Wildman–Crippen MR) is 82.4 cm³/mol. The highest BCUT2D eigenvalue weighted by Gasteiger charge is 2.08. The van der Waals surface area contributed by atoms with Gasteiger partial charge >= 0.3 is 0 Å². The number of hydrogen-bond acceptors (Lipinski definition) is 1. The van der Waals surface area contributed by atoms with Crippen LogP contribution >= 0.6 is 15.9 Å². The third-order valence-corrected chi connectivity index (χ3v) is 3.70. The summed E-state index contributed by atoms with van der Waals surface area (Å²) in [7, 11) is 0. The maximum absolute atomic E-state index is 12.1. The van der Waals surface area contributed by atoms with Crippen molar-refractivity contribution in [2.45, 2.75) is 20.3 Å². The van der Waals surface area contributed by atoms with E-state index in [1.807, 2.05) is 56.3 Å². The van der Waals surface area contributed by atoms with Crippen LogP contribution in [0.5, 0.6) is 0 Å². The molecule has 0 spiro atoms. The summed E-state index contributed by atoms with van der Waals surface area (Å²) in [5, 5.41) is 2.94. The monoisotopic (exact) mass is 317 g/mol. The summed E-state index contributed by atoms with van der Waals surface area (Å²) in [6.07, 6.45) is 0.396. The fraction of sp³-hybridized carbons (Fsp3) is 0.188. The molecule has 2 aromatic rings. The molecule has 1 N–H and O–H groups in total. The summed E-state index contributed by atoms with van der Waals surface area (Å²) in [6.45, 7) is 4.02. The number of anilines is 1. The van der Waals surface area contributed by atoms with E-state index in [9.17, 15) is 4.79 Å². The first-order chi connectivity index (χ1) is 9.06. The highest BCUT2D eigenvalue weighted by Crippen LogP contribution is 2.23. The molecular formula is C16H16BrNO. The van der Waals surface area contributed by atoms with Crippen molar-refractivity contribution in [2.24, 2.45) is 0 Å². The van der Waals surface area contributed by atoms with Gasteiger partial charge in [-0.05, 0) is 58.6 Å². The van der Waals surface area contributed by atoms with Crippen LogP contribution in [0.4, 0.5) is 5.69 Å². The summed E-state index contributed by atoms with van der Waals surface area (Å²) >= 11 is 3.44. The molecule has 0 fully saturated rings. The first-order valence-corrected chi connectivity index (χ1v) is 6.96. The highest BCUT2D eigenvalue weighted by molar-refractivity contribution is 9.10. The summed E-state index contributed by atoms with van der Waals surface area (Å²) in [6, 6.07) is 13.8. The molecule has 3 heteroatoms. The highest BCUT2D eigenvalue weighted by atomic mass is 79.9. The van der Waals surface area contributed by atoms with Crippen LogP contribution in [0.25, 0.3) is 0 Å². The lowest BCUT2D eigenvalue weighted by Gasteiger charge is -2.09. The lowest BCUT2D eigenvalue weighted by Crippen LogP contribution is -2.15. The third kappa shape index (κ3) is 3.67. The Balaban J connectivity index is 2.10. The van der Waals surface area contributed by atoms with Crippen molar-refractivity contribution in [3.05, 3.63) is 63.6 Å². The van der Waals surface area contributed by atoms with Crippen molar-refractivity contribution in [1.29, 1.82) is 0 Å². The average molecular weight is 318 g/mol. The van der Waals surface area contributed by atoms with Gasteiger partial charge in [0.15, 0.2) is 0 Å². The van der Waals surface area contributed by atoms with E-state index in [1.54, 1.807) is 0 Å². The largest absolute Gasteiger partial charge is 0.325 e. The third-order valence-electron chi connectivity index (χ3n) is 3.01. The molecule has 2 aromatic carbocycles. The van der Waals surface area contributed by atoms with Crippen molar-refractivity contribution in [1.82, 2.24) is 0 Å². The molecule has 98 valence electrons. The van der Waals surface area contributed by atoms with E-state index in [1.165, 1.54) is 0 Å². The molecule has 0 aliphatic carbocycles. The zero-order chi connectivity index (χ0) is 13.8. The zero-order valence-corrected chi connectivity index (χ0v) is 12.6. The van der Waals surface area contributed by atoms with E-state index in [-0.39, 0.29) is 5.91 Å². The molecule has 0 bridgehead atoms. The van der Waals surface area contributed by atoms with E-state index < -0.39 is 0 Å². The minimum atomic E-state index is 0.000556. The Hall–Kier alpha value is -1.61. The smallest absolute Gasteiger partial charge is 0.228 e. The zero-order valence-electron chi connectivity index (χ0n) is 11.0. The maximum Gasteiger partial charge on any atom is 0.228 e. The minimum absolute atomic E-state index is 0.000556. The Morgan fingerprint density at radius 3 is 2.63 bits per heavy atom. The van der Waals surface area contributed by atoms with Crippen LogP contribution in [0.1, 0.15) is 16.7 Å². The van der Waals surface area contributed by atoms with Gasteiger partial charge in [-0.25, -0.2) is 0 Å². The van der Waals surface area contributed by atoms with Gasteiger partial charge in [-0.1, -0.05) is 30.3 Å². The summed E-state index contributed by atoms with van der Waals surface area (Å²) in [4.78, 5) is 12.1. The second-order valence-corrected chi connectivity index (χ2v) is 5.49. The van der Waals surface area contributed by atoms with Crippen LogP contribution in [-0.2, 0) is 11.2 Å². The number of aryl methyl sites for hydroxylation is 2. The number of carbonyl (C=O) groups is 1. The summed E-state index contributed by atoms with van der Waals surface area (Å²) in [5.74, 6) is 0.000556. The second kappa shape index (κ2) is 6.02. The summed E-state index contributed by atoms with van der Waals surface area (Å²) < 4.78 is 0.899. The molecule has 0 radical (unpaired) electrons. The van der Waals surface area contributed by atoms with E-state index in [0.717, 1.165) is 26.9 Å². The Kier molecular flexibility index (Phi) is 4.38. The number of hydrogen-bond donors (Lipinski definition) is 1. The van der Waals surface area contributed by atoms with Gasteiger partial charge in [-0.2, -0.15) is 0 Å². The van der Waals surface area contributed by atoms with Gasteiger partial charge < -0.3 is 5.32 Å². The standard InChI is InChI=1S/C16H16BrNO/c1-11-7-8-14(17)15(9-11)18-16(19)10-13-6-4-3-5-12(13)2/h3-9H,10H2,1-2H3,(H,18,19). The topological polar surface area (TPSA) is 29.1 Å². The molecule has 0 saturated heterocycles. The van der Waals surface area contributed by atoms with Crippen LogP contribution in [0.15, 0.2) is 46.9 Å². The van der Waals surface area contributed by atoms with Gasteiger partial charge in [-0.3, -0.25) is 4.79 Å². The van der Waals surface area contributed by atoms with Crippen molar-refractivity contribution in [2.75, 3.05) is 5.32 Å². The van der Waals surface area contributed by atoms with E-state index in [2.05, 4.69) is 21.2 Å². The molecule has 2 nitrogen and oxygen atoms in total. The quantitative estimate of drug-likeness (QED) is 0.901. The number of amides is 1. The van der Waals surface area contributed by atoms with Crippen LogP contribution in [0, 0.1) is 13.8 Å². The van der Waals surface area contributed by atoms with Gasteiger partial charge in [0.05, 0.1) is 12.1 Å². The Morgan fingerprint density at radius 1 is 1.16 bits per heavy atom. The lowest BCUT2D eigenvalue weighted by atomic mass is 10.1. The number of rotatable bonds is 3. The molecule has 0 saturated carbocycles. The first kappa shape index (κ1) is 13.8. The summed E-state index contributed by atoms with van der Waals surface area (Å²) in [5.41, 5.74) is 4.14. The lowest BCUT2D eigenvalue weighted by molar-refractivity contribution is -0.115. The Labute approximate surface area is 122 Å². The van der Waals surface area contributed by atoms with Gasteiger partial charge in [0.25, 0.3) is 0 Å². The predicted octanol–water partition coefficient (Wildman–Crippen LogP) is 4.25. The SMILES string of the molecule is Cc1ccc(Br)c(NC(=O)Cc2ccccc2C)c1. The van der Waals surface area contributed by atoms with Gasteiger partial charge in [0.1, 0.15) is 0 Å². The van der Waals surface area contributed by atoms with E-state index in [0.29, 0.717) is 6.42 Å². The van der Waals surface area contributed by atoms with Crippen LogP contribution in [0.2, 0.25) is 0 Å². The molecule has 1 amide bonds. The van der Waals surface area contributed by atoms with Crippen LogP contribution < -0.4 is 5.32 Å². The van der Waals surface area contributed by atoms with Gasteiger partial charge in [-0.15, -0.1) is 0 Å². The number of halogens is 1. The molecule has 0 heterocycles. The molecule has 0 aliphatic heterocycles. The minimum Gasteiger partial charge on any atom is -0.325 e. The van der Waals surface area contributed by atoms with E-state index >= 15 is 0 Å². The van der Waals surface area contributed by atoms with Crippen molar-refractivity contribution >= 4 is 27.5 Å². The molecule has 2 rings (SSSR count). The normalized spacial score (nSPS) is 10.3. The van der Waals surface area contributed by atoms with Gasteiger partial charge in [0.2, 0.25) is 5.91 Å². The van der Waals surface area contributed by atoms with Crippen molar-refractivity contribution < 1.29 is 4.79 Å². The van der Waals surface area contributed by atoms with Crippen LogP contribution in [0.3, 0.4) is 0 Å². The molecule has 0 atom stereocenters. The first-order valence-electron chi connectivity index (χ1n) is 6.17. The van der Waals surface area contributed by atoms with Crippen molar-refractivity contribution in [3.63, 3.8) is 0 Å². The average Bonchev–Trinajstić information content (AvgIpc) is 2.37. The van der Waals surface area contributed by atoms with Crippen molar-refractivity contribution in [3.8, 4) is 0 Å². The molecular weight excluding hydrogens is 302 g/mol. The number of benzene rings is 2. The Morgan fingerprint density at radius 2 is 1.89 bits per heavy atom. The fourth-order valence-corrected chi connectivity index (χ4v) is 2.26. The van der Waals surface area contributed by atoms with Crippen LogP contribution in [-0.4, -0.2) is 5.91 Å². The number of nitrogens with one attached hydrogen (secondary N) is 1. The number of carbonyl (C=O) groups excluding carboxylic acids is 1. The maximum atomic E-state index is 12.1. The molecule has 0 aromatic heterocycles. The molecule has 0 aliphatic rings. The Bertz CT molecular complexity index is 607. The fourth-order valence-electron chi connectivity index (χ4n) is 1.91. The van der Waals surface area contributed by atoms with E-state index in [4.69, 9.17) is 0 Å². The molecule has 0 unspecified atom stereocenters. The van der Waals surface area contributed by atoms with Gasteiger partial charge in [0, 0.05) is 4.47 Å².